The summed E-state index contributed by atoms with van der Waals surface area (Å²) in [6, 6.07) is -0.117. The van der Waals surface area contributed by atoms with Crippen LogP contribution in [0.15, 0.2) is 6.20 Å². The van der Waals surface area contributed by atoms with Crippen molar-refractivity contribution in [1.29, 1.82) is 0 Å². The molecule has 1 heterocycles. The molecule has 6 nitrogen and oxygen atoms in total. The first-order valence-electron chi connectivity index (χ1n) is 5.89. The molecule has 0 saturated heterocycles. The van der Waals surface area contributed by atoms with Crippen molar-refractivity contribution in [3.05, 3.63) is 17.5 Å². The average Bonchev–Trinajstić information content (AvgIpc) is 2.63. The Morgan fingerprint density at radius 2 is 2.17 bits per heavy atom. The van der Waals surface area contributed by atoms with Gasteiger partial charge in [0, 0.05) is 19.3 Å². The lowest BCUT2D eigenvalue weighted by Gasteiger charge is -2.26. The Morgan fingerprint density at radius 3 is 2.56 bits per heavy atom. The molecule has 0 saturated carbocycles. The van der Waals surface area contributed by atoms with Crippen molar-refractivity contribution in [2.24, 2.45) is 7.05 Å². The standard InChI is InChI=1S/C12H19N3O3/c1-5-8(2)15(7-11(16)17)12(18)10-6-14(4)13-9(10)3/h6,8H,5,7H2,1-4H3,(H,16,17). The first-order chi connectivity index (χ1) is 8.36. The molecular weight excluding hydrogens is 234 g/mol. The highest BCUT2D eigenvalue weighted by Crippen LogP contribution is 2.13. The Morgan fingerprint density at radius 1 is 1.56 bits per heavy atom. The zero-order valence-electron chi connectivity index (χ0n) is 11.2. The van der Waals surface area contributed by atoms with Crippen molar-refractivity contribution in [2.75, 3.05) is 6.54 Å². The maximum Gasteiger partial charge on any atom is 0.323 e. The second-order valence-corrected chi connectivity index (χ2v) is 4.39. The van der Waals surface area contributed by atoms with Crippen LogP contribution in [0, 0.1) is 6.92 Å². The van der Waals surface area contributed by atoms with Gasteiger partial charge in [-0.05, 0) is 20.3 Å². The molecule has 1 aromatic heterocycles. The van der Waals surface area contributed by atoms with E-state index in [-0.39, 0.29) is 18.5 Å². The number of carbonyl (C=O) groups is 2. The van der Waals surface area contributed by atoms with Gasteiger partial charge in [0.05, 0.1) is 11.3 Å². The van der Waals surface area contributed by atoms with Crippen molar-refractivity contribution in [3.8, 4) is 0 Å². The summed E-state index contributed by atoms with van der Waals surface area (Å²) in [7, 11) is 1.73. The van der Waals surface area contributed by atoms with Gasteiger partial charge in [-0.1, -0.05) is 6.92 Å². The van der Waals surface area contributed by atoms with Gasteiger partial charge < -0.3 is 10.0 Å². The number of carboxylic acids is 1. The number of hydrogen-bond donors (Lipinski definition) is 1. The lowest BCUT2D eigenvalue weighted by molar-refractivity contribution is -0.138. The minimum Gasteiger partial charge on any atom is -0.480 e. The van der Waals surface area contributed by atoms with E-state index in [1.54, 1.807) is 24.9 Å². The number of aliphatic carboxylic acids is 1. The first-order valence-corrected chi connectivity index (χ1v) is 5.89. The molecule has 0 bridgehead atoms. The normalized spacial score (nSPS) is 12.2. The fraction of sp³-hybridized carbons (Fsp3) is 0.583. The van der Waals surface area contributed by atoms with E-state index in [0.717, 1.165) is 0 Å². The maximum atomic E-state index is 12.3. The van der Waals surface area contributed by atoms with E-state index in [1.165, 1.54) is 4.90 Å². The highest BCUT2D eigenvalue weighted by atomic mass is 16.4. The Labute approximate surface area is 106 Å². The topological polar surface area (TPSA) is 75.4 Å². The van der Waals surface area contributed by atoms with Crippen molar-refractivity contribution in [1.82, 2.24) is 14.7 Å². The number of rotatable bonds is 5. The summed E-state index contributed by atoms with van der Waals surface area (Å²) in [5.74, 6) is -1.29. The molecule has 0 aliphatic rings. The zero-order valence-corrected chi connectivity index (χ0v) is 11.2. The van der Waals surface area contributed by atoms with Crippen LogP contribution in [-0.4, -0.2) is 44.3 Å². The molecule has 100 valence electrons. The third-order valence-electron chi connectivity index (χ3n) is 2.93. The zero-order chi connectivity index (χ0) is 13.9. The minimum atomic E-state index is -1.01. The van der Waals surface area contributed by atoms with E-state index >= 15 is 0 Å². The van der Waals surface area contributed by atoms with E-state index in [1.807, 2.05) is 13.8 Å². The smallest absolute Gasteiger partial charge is 0.323 e. The molecule has 1 atom stereocenters. The molecule has 1 aromatic rings. The van der Waals surface area contributed by atoms with E-state index in [0.29, 0.717) is 17.7 Å². The van der Waals surface area contributed by atoms with Crippen LogP contribution in [0.4, 0.5) is 0 Å². The summed E-state index contributed by atoms with van der Waals surface area (Å²) in [6.45, 7) is 5.21. The van der Waals surface area contributed by atoms with Crippen LogP contribution in [0.2, 0.25) is 0 Å². The van der Waals surface area contributed by atoms with Gasteiger partial charge in [-0.3, -0.25) is 14.3 Å². The minimum absolute atomic E-state index is 0.117. The Kier molecular flexibility index (Phi) is 4.47. The number of carbonyl (C=O) groups excluding carboxylic acids is 1. The van der Waals surface area contributed by atoms with Gasteiger partial charge in [0.2, 0.25) is 0 Å². The van der Waals surface area contributed by atoms with Crippen molar-refractivity contribution in [2.45, 2.75) is 33.2 Å². The van der Waals surface area contributed by atoms with E-state index < -0.39 is 5.97 Å². The van der Waals surface area contributed by atoms with Gasteiger partial charge in [0.1, 0.15) is 6.54 Å². The van der Waals surface area contributed by atoms with Gasteiger partial charge in [0.15, 0.2) is 0 Å². The van der Waals surface area contributed by atoms with E-state index in [9.17, 15) is 9.59 Å². The predicted molar refractivity (Wildman–Crippen MR) is 66.4 cm³/mol. The molecule has 0 spiro atoms. The summed E-state index contributed by atoms with van der Waals surface area (Å²) in [5, 5.41) is 13.0. The number of amides is 1. The second-order valence-electron chi connectivity index (χ2n) is 4.39. The number of aromatic nitrogens is 2. The first kappa shape index (κ1) is 14.2. The van der Waals surface area contributed by atoms with Crippen LogP contribution >= 0.6 is 0 Å². The lowest BCUT2D eigenvalue weighted by atomic mass is 10.1. The molecule has 1 N–H and O–H groups in total. The van der Waals surface area contributed by atoms with Crippen molar-refractivity contribution in [3.63, 3.8) is 0 Å². The molecule has 0 aromatic carbocycles. The Hall–Kier alpha value is -1.85. The van der Waals surface area contributed by atoms with Gasteiger partial charge in [-0.2, -0.15) is 5.10 Å². The molecule has 0 aliphatic carbocycles. The molecule has 0 radical (unpaired) electrons. The molecule has 1 unspecified atom stereocenters. The molecule has 1 rings (SSSR count). The Balaban J connectivity index is 3.02. The van der Waals surface area contributed by atoms with Crippen LogP contribution < -0.4 is 0 Å². The third kappa shape index (κ3) is 3.09. The Bertz CT molecular complexity index is 453. The number of aryl methyl sites for hydroxylation is 2. The lowest BCUT2D eigenvalue weighted by Crippen LogP contribution is -2.42. The van der Waals surface area contributed by atoms with Gasteiger partial charge in [0.25, 0.3) is 5.91 Å². The third-order valence-corrected chi connectivity index (χ3v) is 2.93. The summed E-state index contributed by atoms with van der Waals surface area (Å²) in [6.07, 6.45) is 2.33. The fourth-order valence-electron chi connectivity index (χ4n) is 1.76. The molecular formula is C12H19N3O3. The summed E-state index contributed by atoms with van der Waals surface area (Å²) < 4.78 is 1.55. The number of nitrogens with zero attached hydrogens (tertiary/aromatic N) is 3. The summed E-state index contributed by atoms with van der Waals surface area (Å²) in [4.78, 5) is 24.5. The maximum absolute atomic E-state index is 12.3. The number of hydrogen-bond acceptors (Lipinski definition) is 3. The number of carboxylic acid groups (broad SMARTS) is 1. The largest absolute Gasteiger partial charge is 0.480 e. The van der Waals surface area contributed by atoms with Crippen LogP contribution in [0.25, 0.3) is 0 Å². The van der Waals surface area contributed by atoms with E-state index in [2.05, 4.69) is 5.10 Å². The fourth-order valence-corrected chi connectivity index (χ4v) is 1.76. The van der Waals surface area contributed by atoms with Gasteiger partial charge in [-0.15, -0.1) is 0 Å². The molecule has 1 amide bonds. The van der Waals surface area contributed by atoms with Gasteiger partial charge >= 0.3 is 5.97 Å². The van der Waals surface area contributed by atoms with Crippen LogP contribution in [0.5, 0.6) is 0 Å². The van der Waals surface area contributed by atoms with E-state index in [4.69, 9.17) is 5.11 Å². The van der Waals surface area contributed by atoms with Crippen molar-refractivity contribution < 1.29 is 14.7 Å². The molecule has 18 heavy (non-hydrogen) atoms. The SMILES string of the molecule is CCC(C)N(CC(=O)O)C(=O)c1cn(C)nc1C. The van der Waals surface area contributed by atoms with Crippen molar-refractivity contribution >= 4 is 11.9 Å². The molecule has 0 aliphatic heterocycles. The quantitative estimate of drug-likeness (QED) is 0.851. The van der Waals surface area contributed by atoms with Gasteiger partial charge in [-0.25, -0.2) is 0 Å². The summed E-state index contributed by atoms with van der Waals surface area (Å²) in [5.41, 5.74) is 1.07. The highest BCUT2D eigenvalue weighted by molar-refractivity contribution is 5.96. The molecule has 6 heteroatoms. The monoisotopic (exact) mass is 253 g/mol. The predicted octanol–water partition coefficient (Wildman–Crippen LogP) is 1.05. The van der Waals surface area contributed by atoms with Crippen LogP contribution in [0.3, 0.4) is 0 Å². The second kappa shape index (κ2) is 5.66. The molecule has 0 fully saturated rings. The highest BCUT2D eigenvalue weighted by Gasteiger charge is 2.25. The average molecular weight is 253 g/mol. The van der Waals surface area contributed by atoms with Crippen LogP contribution in [0.1, 0.15) is 36.3 Å². The van der Waals surface area contributed by atoms with Crippen LogP contribution in [-0.2, 0) is 11.8 Å². The summed E-state index contributed by atoms with van der Waals surface area (Å²) >= 11 is 0.